The summed E-state index contributed by atoms with van der Waals surface area (Å²) in [5.41, 5.74) is 1.43. The molecule has 0 amide bonds. The summed E-state index contributed by atoms with van der Waals surface area (Å²) in [4.78, 5) is 4.25. The van der Waals surface area contributed by atoms with E-state index < -0.39 is 0 Å². The monoisotopic (exact) mass is 303 g/mol. The molecule has 1 saturated carbocycles. The normalized spacial score (nSPS) is 25.9. The van der Waals surface area contributed by atoms with E-state index in [9.17, 15) is 0 Å². The largest absolute Gasteiger partial charge is 0.449 e. The van der Waals surface area contributed by atoms with Crippen molar-refractivity contribution in [2.24, 2.45) is 17.8 Å². The number of hydrogen-bond donors (Lipinski definition) is 0. The average molecular weight is 304 g/mol. The highest BCUT2D eigenvalue weighted by Gasteiger charge is 2.30. The second kappa shape index (κ2) is 7.13. The molecule has 1 aliphatic carbocycles. The zero-order valence-corrected chi connectivity index (χ0v) is 13.0. The molecule has 21 heavy (non-hydrogen) atoms. The van der Waals surface area contributed by atoms with Crippen LogP contribution in [-0.2, 0) is 12.8 Å². The first-order chi connectivity index (χ1) is 10.3. The number of oxazole rings is 1. The van der Waals surface area contributed by atoms with Gasteiger partial charge in [-0.1, -0.05) is 30.3 Å². The Labute approximate surface area is 131 Å². The van der Waals surface area contributed by atoms with Crippen LogP contribution < -0.4 is 0 Å². The average Bonchev–Trinajstić information content (AvgIpc) is 3.03. The molecule has 0 aliphatic heterocycles. The number of alkyl halides is 1. The predicted molar refractivity (Wildman–Crippen MR) is 85.4 cm³/mol. The van der Waals surface area contributed by atoms with Gasteiger partial charge in [-0.3, -0.25) is 0 Å². The molecule has 2 nitrogen and oxygen atoms in total. The number of halogens is 1. The Morgan fingerprint density at radius 1 is 1.10 bits per heavy atom. The number of hydrogen-bond acceptors (Lipinski definition) is 2. The molecule has 2 aromatic rings. The van der Waals surface area contributed by atoms with Crippen molar-refractivity contribution in [1.29, 1.82) is 0 Å². The van der Waals surface area contributed by atoms with E-state index in [4.69, 9.17) is 16.0 Å². The molecule has 3 heteroatoms. The van der Waals surface area contributed by atoms with Gasteiger partial charge in [-0.05, 0) is 49.0 Å². The molecule has 1 fully saturated rings. The van der Waals surface area contributed by atoms with E-state index in [0.717, 1.165) is 24.6 Å². The van der Waals surface area contributed by atoms with Gasteiger partial charge in [0.05, 0.1) is 6.20 Å². The van der Waals surface area contributed by atoms with Crippen LogP contribution in [0.15, 0.2) is 47.2 Å². The first-order valence-electron chi connectivity index (χ1n) is 7.83. The minimum absolute atomic E-state index is 0.612. The van der Waals surface area contributed by atoms with E-state index in [1.54, 1.807) is 12.5 Å². The summed E-state index contributed by atoms with van der Waals surface area (Å²) in [7, 11) is 0. The molecule has 0 N–H and O–H groups in total. The Hall–Kier alpha value is -1.28. The maximum Gasteiger partial charge on any atom is 0.194 e. The summed E-state index contributed by atoms with van der Waals surface area (Å²) in [6.45, 7) is 0. The highest BCUT2D eigenvalue weighted by molar-refractivity contribution is 6.18. The lowest BCUT2D eigenvalue weighted by atomic mass is 9.71. The Balaban J connectivity index is 1.58. The first kappa shape index (κ1) is 14.6. The number of benzene rings is 1. The van der Waals surface area contributed by atoms with Gasteiger partial charge in [0.15, 0.2) is 5.89 Å². The molecule has 3 unspecified atom stereocenters. The molecule has 1 heterocycles. The maximum absolute atomic E-state index is 6.25. The van der Waals surface area contributed by atoms with Crippen LogP contribution in [0.1, 0.15) is 30.7 Å². The highest BCUT2D eigenvalue weighted by atomic mass is 35.5. The van der Waals surface area contributed by atoms with Crippen LogP contribution in [-0.4, -0.2) is 10.9 Å². The summed E-state index contributed by atoms with van der Waals surface area (Å²) >= 11 is 6.25. The molecule has 1 aliphatic rings. The molecule has 1 aromatic carbocycles. The lowest BCUT2D eigenvalue weighted by molar-refractivity contribution is 0.188. The summed E-state index contributed by atoms with van der Waals surface area (Å²) in [5.74, 6) is 3.63. The molecular formula is C18H22ClNO. The molecule has 0 spiro atoms. The summed E-state index contributed by atoms with van der Waals surface area (Å²) in [5, 5.41) is 0. The third kappa shape index (κ3) is 3.88. The first-order valence-corrected chi connectivity index (χ1v) is 8.37. The lowest BCUT2D eigenvalue weighted by Gasteiger charge is -2.35. The van der Waals surface area contributed by atoms with Crippen molar-refractivity contribution in [3.63, 3.8) is 0 Å². The van der Waals surface area contributed by atoms with E-state index in [-0.39, 0.29) is 0 Å². The quantitative estimate of drug-likeness (QED) is 0.746. The molecule has 3 atom stereocenters. The third-order valence-electron chi connectivity index (χ3n) is 4.73. The van der Waals surface area contributed by atoms with Gasteiger partial charge in [-0.15, -0.1) is 11.6 Å². The van der Waals surface area contributed by atoms with Crippen LogP contribution in [0.5, 0.6) is 0 Å². The summed E-state index contributed by atoms with van der Waals surface area (Å²) < 4.78 is 5.38. The van der Waals surface area contributed by atoms with E-state index in [2.05, 4.69) is 35.3 Å². The molecule has 3 rings (SSSR count). The van der Waals surface area contributed by atoms with Crippen molar-refractivity contribution in [3.8, 4) is 0 Å². The van der Waals surface area contributed by atoms with Gasteiger partial charge in [0.25, 0.3) is 0 Å². The molecule has 1 aromatic heterocycles. The molecular weight excluding hydrogens is 282 g/mol. The smallest absolute Gasteiger partial charge is 0.194 e. The lowest BCUT2D eigenvalue weighted by Crippen LogP contribution is -2.28. The van der Waals surface area contributed by atoms with Crippen molar-refractivity contribution in [3.05, 3.63) is 54.2 Å². The van der Waals surface area contributed by atoms with Crippen LogP contribution in [0.4, 0.5) is 0 Å². The van der Waals surface area contributed by atoms with Gasteiger partial charge < -0.3 is 4.42 Å². The van der Waals surface area contributed by atoms with Crippen LogP contribution >= 0.6 is 11.6 Å². The molecule has 0 saturated heterocycles. The maximum atomic E-state index is 6.25. The van der Waals surface area contributed by atoms with Crippen LogP contribution in [0.2, 0.25) is 0 Å². The van der Waals surface area contributed by atoms with Gasteiger partial charge in [-0.25, -0.2) is 4.98 Å². The van der Waals surface area contributed by atoms with Gasteiger partial charge in [0.2, 0.25) is 0 Å². The minimum Gasteiger partial charge on any atom is -0.449 e. The zero-order valence-electron chi connectivity index (χ0n) is 12.2. The fraction of sp³-hybridized carbons (Fsp3) is 0.500. The van der Waals surface area contributed by atoms with Gasteiger partial charge >= 0.3 is 0 Å². The summed E-state index contributed by atoms with van der Waals surface area (Å²) in [6, 6.07) is 10.8. The Bertz CT molecular complexity index is 525. The third-order valence-corrected chi connectivity index (χ3v) is 5.13. The SMILES string of the molecule is ClCC1CC(Cc2ncco2)CCC1Cc1ccccc1. The number of rotatable bonds is 5. The number of nitrogens with zero attached hydrogens (tertiary/aromatic N) is 1. The van der Waals surface area contributed by atoms with Gasteiger partial charge in [0.1, 0.15) is 6.26 Å². The van der Waals surface area contributed by atoms with Crippen molar-refractivity contribution < 1.29 is 4.42 Å². The van der Waals surface area contributed by atoms with Gasteiger partial charge in [0, 0.05) is 12.3 Å². The van der Waals surface area contributed by atoms with E-state index in [0.29, 0.717) is 17.8 Å². The predicted octanol–water partition coefficient (Wildman–Crippen LogP) is 4.73. The summed E-state index contributed by atoms with van der Waals surface area (Å²) in [6.07, 6.45) is 9.22. The Morgan fingerprint density at radius 3 is 2.67 bits per heavy atom. The Kier molecular flexibility index (Phi) is 4.97. The second-order valence-electron chi connectivity index (χ2n) is 6.17. The van der Waals surface area contributed by atoms with Crippen LogP contribution in [0.25, 0.3) is 0 Å². The highest BCUT2D eigenvalue weighted by Crippen LogP contribution is 2.37. The standard InChI is InChI=1S/C18H22ClNO/c19-13-17-11-15(12-18-20-8-9-21-18)6-7-16(17)10-14-4-2-1-3-5-14/h1-5,8-9,15-17H,6-7,10-13H2. The zero-order chi connectivity index (χ0) is 14.5. The molecule has 0 bridgehead atoms. The number of aromatic nitrogens is 1. The van der Waals surface area contributed by atoms with E-state index in [1.165, 1.54) is 24.8 Å². The fourth-order valence-electron chi connectivity index (χ4n) is 3.58. The van der Waals surface area contributed by atoms with E-state index >= 15 is 0 Å². The van der Waals surface area contributed by atoms with Crippen molar-refractivity contribution >= 4 is 11.6 Å². The minimum atomic E-state index is 0.612. The van der Waals surface area contributed by atoms with Crippen molar-refractivity contribution in [2.45, 2.75) is 32.1 Å². The fourth-order valence-corrected chi connectivity index (χ4v) is 3.96. The van der Waals surface area contributed by atoms with Crippen LogP contribution in [0.3, 0.4) is 0 Å². The Morgan fingerprint density at radius 2 is 1.95 bits per heavy atom. The molecule has 0 radical (unpaired) electrons. The van der Waals surface area contributed by atoms with Crippen LogP contribution in [0, 0.1) is 17.8 Å². The van der Waals surface area contributed by atoms with Crippen molar-refractivity contribution in [1.82, 2.24) is 4.98 Å². The van der Waals surface area contributed by atoms with Crippen molar-refractivity contribution in [2.75, 3.05) is 5.88 Å². The van der Waals surface area contributed by atoms with Gasteiger partial charge in [-0.2, -0.15) is 0 Å². The topological polar surface area (TPSA) is 26.0 Å². The second-order valence-corrected chi connectivity index (χ2v) is 6.48. The molecule has 112 valence electrons. The van der Waals surface area contributed by atoms with E-state index in [1.807, 2.05) is 0 Å².